The minimum absolute atomic E-state index is 0.705. The Hall–Kier alpha value is -1.75. The summed E-state index contributed by atoms with van der Waals surface area (Å²) in [7, 11) is 0. The van der Waals surface area contributed by atoms with Gasteiger partial charge in [0.05, 0.1) is 6.54 Å². The van der Waals surface area contributed by atoms with Gasteiger partial charge in [0.1, 0.15) is 12.0 Å². The molecule has 1 fully saturated rings. The quantitative estimate of drug-likeness (QED) is 0.865. The van der Waals surface area contributed by atoms with Crippen LogP contribution in [-0.2, 0) is 6.54 Å². The van der Waals surface area contributed by atoms with Crippen molar-refractivity contribution in [1.29, 1.82) is 0 Å². The van der Waals surface area contributed by atoms with Crippen molar-refractivity contribution in [3.63, 3.8) is 0 Å². The van der Waals surface area contributed by atoms with Crippen molar-refractivity contribution in [1.82, 2.24) is 24.6 Å². The Balaban J connectivity index is 1.58. The molecule has 5 nitrogen and oxygen atoms in total. The van der Waals surface area contributed by atoms with E-state index in [0.29, 0.717) is 5.82 Å². The molecule has 3 heterocycles. The van der Waals surface area contributed by atoms with Crippen LogP contribution in [0.2, 0.25) is 0 Å². The molecule has 0 aliphatic carbocycles. The molecule has 2 aromatic heterocycles. The van der Waals surface area contributed by atoms with Gasteiger partial charge >= 0.3 is 0 Å². The summed E-state index contributed by atoms with van der Waals surface area (Å²) in [6.07, 6.45) is 4.93. The van der Waals surface area contributed by atoms with Gasteiger partial charge in [0.25, 0.3) is 0 Å². The summed E-state index contributed by atoms with van der Waals surface area (Å²) < 4.78 is 1.92. The molecule has 1 aliphatic rings. The first-order valence-corrected chi connectivity index (χ1v) is 7.74. The fraction of sp³-hybridized carbons (Fsp3) is 0.562. The number of piperidine rings is 1. The summed E-state index contributed by atoms with van der Waals surface area (Å²) in [5, 5.41) is 4.52. The number of hydrogen-bond acceptors (Lipinski definition) is 4. The van der Waals surface area contributed by atoms with E-state index in [1.165, 1.54) is 19.5 Å². The van der Waals surface area contributed by atoms with E-state index in [4.69, 9.17) is 0 Å². The predicted molar refractivity (Wildman–Crippen MR) is 82.6 cm³/mol. The van der Waals surface area contributed by atoms with Crippen LogP contribution in [0.5, 0.6) is 0 Å². The fourth-order valence-electron chi connectivity index (χ4n) is 3.23. The van der Waals surface area contributed by atoms with Crippen LogP contribution >= 0.6 is 0 Å². The summed E-state index contributed by atoms with van der Waals surface area (Å²) in [6.45, 7) is 9.02. The molecule has 1 aliphatic heterocycles. The van der Waals surface area contributed by atoms with Gasteiger partial charge < -0.3 is 4.90 Å². The van der Waals surface area contributed by atoms with Crippen LogP contribution in [0.4, 0.5) is 0 Å². The topological polar surface area (TPSA) is 46.8 Å². The molecule has 0 unspecified atom stereocenters. The lowest BCUT2D eigenvalue weighted by Crippen LogP contribution is -2.40. The Kier molecular flexibility index (Phi) is 4.29. The zero-order valence-electron chi connectivity index (χ0n) is 12.8. The number of rotatable bonds is 4. The standard InChI is InChI=1S/C16H23N5/c1-13-9-14(2)11-20(10-13)7-8-21-12-18-16(19-21)15-5-3-4-6-17-15/h3-6,12-14H,7-11H2,1-2H3/t13-,14+. The molecule has 21 heavy (non-hydrogen) atoms. The van der Waals surface area contributed by atoms with Crippen molar-refractivity contribution < 1.29 is 0 Å². The number of likely N-dealkylation sites (tertiary alicyclic amines) is 1. The van der Waals surface area contributed by atoms with Crippen LogP contribution in [-0.4, -0.2) is 44.3 Å². The lowest BCUT2D eigenvalue weighted by molar-refractivity contribution is 0.135. The molecule has 0 saturated carbocycles. The highest BCUT2D eigenvalue weighted by molar-refractivity contribution is 5.46. The summed E-state index contributed by atoms with van der Waals surface area (Å²) in [6, 6.07) is 5.80. The normalized spacial score (nSPS) is 23.3. The first-order valence-electron chi connectivity index (χ1n) is 7.74. The maximum Gasteiger partial charge on any atom is 0.199 e. The van der Waals surface area contributed by atoms with Gasteiger partial charge in [-0.3, -0.25) is 9.67 Å². The summed E-state index contributed by atoms with van der Waals surface area (Å²) in [5.74, 6) is 2.30. The van der Waals surface area contributed by atoms with E-state index < -0.39 is 0 Å². The molecule has 0 N–H and O–H groups in total. The smallest absolute Gasteiger partial charge is 0.199 e. The zero-order chi connectivity index (χ0) is 14.7. The van der Waals surface area contributed by atoms with Crippen LogP contribution in [0.25, 0.3) is 11.5 Å². The van der Waals surface area contributed by atoms with E-state index in [9.17, 15) is 0 Å². The van der Waals surface area contributed by atoms with Crippen molar-refractivity contribution in [2.75, 3.05) is 19.6 Å². The second-order valence-corrected chi connectivity index (χ2v) is 6.25. The Morgan fingerprint density at radius 1 is 1.10 bits per heavy atom. The van der Waals surface area contributed by atoms with Crippen LogP contribution < -0.4 is 0 Å². The van der Waals surface area contributed by atoms with Crippen LogP contribution in [0, 0.1) is 11.8 Å². The van der Waals surface area contributed by atoms with Crippen molar-refractivity contribution in [2.24, 2.45) is 11.8 Å². The molecular formula is C16H23N5. The maximum absolute atomic E-state index is 4.52. The van der Waals surface area contributed by atoms with Crippen LogP contribution in [0.3, 0.4) is 0 Å². The van der Waals surface area contributed by atoms with Crippen molar-refractivity contribution in [3.8, 4) is 11.5 Å². The zero-order valence-corrected chi connectivity index (χ0v) is 12.8. The van der Waals surface area contributed by atoms with Crippen LogP contribution in [0.1, 0.15) is 20.3 Å². The number of pyridine rings is 1. The molecule has 3 rings (SSSR count). The van der Waals surface area contributed by atoms with Crippen molar-refractivity contribution in [2.45, 2.75) is 26.8 Å². The second-order valence-electron chi connectivity index (χ2n) is 6.25. The van der Waals surface area contributed by atoms with Gasteiger partial charge in [-0.1, -0.05) is 19.9 Å². The highest BCUT2D eigenvalue weighted by Gasteiger charge is 2.21. The van der Waals surface area contributed by atoms with Gasteiger partial charge in [-0.05, 0) is 30.4 Å². The molecule has 2 atom stereocenters. The Morgan fingerprint density at radius 2 is 1.90 bits per heavy atom. The van der Waals surface area contributed by atoms with Crippen molar-refractivity contribution >= 4 is 0 Å². The Labute approximate surface area is 126 Å². The minimum atomic E-state index is 0.705. The van der Waals surface area contributed by atoms with E-state index in [0.717, 1.165) is 30.6 Å². The first-order chi connectivity index (χ1) is 10.2. The molecule has 0 spiro atoms. The Morgan fingerprint density at radius 3 is 2.62 bits per heavy atom. The predicted octanol–water partition coefficient (Wildman–Crippen LogP) is 2.32. The fourth-order valence-corrected chi connectivity index (χ4v) is 3.23. The average Bonchev–Trinajstić information content (AvgIpc) is 2.94. The van der Waals surface area contributed by atoms with Crippen molar-refractivity contribution in [3.05, 3.63) is 30.7 Å². The van der Waals surface area contributed by atoms with Gasteiger partial charge in [0.15, 0.2) is 5.82 Å². The largest absolute Gasteiger partial charge is 0.301 e. The van der Waals surface area contributed by atoms with E-state index in [1.54, 1.807) is 12.5 Å². The van der Waals surface area contributed by atoms with Gasteiger partial charge in [0.2, 0.25) is 0 Å². The van der Waals surface area contributed by atoms with Gasteiger partial charge in [-0.15, -0.1) is 5.10 Å². The highest BCUT2D eigenvalue weighted by Crippen LogP contribution is 2.20. The molecule has 112 valence electrons. The molecule has 0 radical (unpaired) electrons. The van der Waals surface area contributed by atoms with E-state index in [1.807, 2.05) is 22.9 Å². The summed E-state index contributed by atoms with van der Waals surface area (Å²) in [5.41, 5.74) is 0.830. The SMILES string of the molecule is C[C@@H]1C[C@H](C)CN(CCn2cnc(-c3ccccn3)n2)C1. The molecule has 0 amide bonds. The lowest BCUT2D eigenvalue weighted by Gasteiger charge is -2.34. The second kappa shape index (κ2) is 6.35. The third-order valence-electron chi connectivity index (χ3n) is 4.02. The third-order valence-corrected chi connectivity index (χ3v) is 4.02. The lowest BCUT2D eigenvalue weighted by atomic mass is 9.92. The monoisotopic (exact) mass is 285 g/mol. The van der Waals surface area contributed by atoms with E-state index in [-0.39, 0.29) is 0 Å². The number of hydrogen-bond donors (Lipinski definition) is 0. The summed E-state index contributed by atoms with van der Waals surface area (Å²) >= 11 is 0. The molecule has 0 aromatic carbocycles. The molecule has 1 saturated heterocycles. The van der Waals surface area contributed by atoms with Gasteiger partial charge in [-0.25, -0.2) is 4.98 Å². The maximum atomic E-state index is 4.52. The minimum Gasteiger partial charge on any atom is -0.301 e. The number of aromatic nitrogens is 4. The van der Waals surface area contributed by atoms with Crippen LogP contribution in [0.15, 0.2) is 30.7 Å². The molecule has 2 aromatic rings. The summed E-state index contributed by atoms with van der Waals surface area (Å²) in [4.78, 5) is 11.2. The number of nitrogens with zero attached hydrogens (tertiary/aromatic N) is 5. The molecular weight excluding hydrogens is 262 g/mol. The average molecular weight is 285 g/mol. The first kappa shape index (κ1) is 14.2. The third kappa shape index (κ3) is 3.67. The molecule has 5 heteroatoms. The van der Waals surface area contributed by atoms with Gasteiger partial charge in [0, 0.05) is 25.8 Å². The Bertz CT molecular complexity index is 555. The van der Waals surface area contributed by atoms with Gasteiger partial charge in [-0.2, -0.15) is 0 Å². The van der Waals surface area contributed by atoms with E-state index >= 15 is 0 Å². The highest BCUT2D eigenvalue weighted by atomic mass is 15.3. The van der Waals surface area contributed by atoms with E-state index in [2.05, 4.69) is 33.8 Å². The molecule has 0 bridgehead atoms.